The Hall–Kier alpha value is -1.53. The average Bonchev–Trinajstić information content (AvgIpc) is 3.48. The summed E-state index contributed by atoms with van der Waals surface area (Å²) in [6.45, 7) is 23.8. The van der Waals surface area contributed by atoms with E-state index >= 15 is 0 Å². The van der Waals surface area contributed by atoms with Crippen LogP contribution in [0.15, 0.2) is 81.7 Å². The maximum atomic E-state index is 2.62. The zero-order valence-corrected chi connectivity index (χ0v) is 30.7. The number of allylic oxidation sites excluding steroid dienone is 4. The monoisotopic (exact) mass is 664 g/mol. The first-order valence-corrected chi connectivity index (χ1v) is 18.3. The van der Waals surface area contributed by atoms with E-state index in [2.05, 4.69) is 142 Å². The molecule has 0 atom stereocenters. The maximum absolute atomic E-state index is 2.62. The van der Waals surface area contributed by atoms with Crippen LogP contribution in [0.25, 0.3) is 11.1 Å². The van der Waals surface area contributed by atoms with E-state index in [-0.39, 0.29) is 41.1 Å². The largest absolute Gasteiger partial charge is 0.147 e. The van der Waals surface area contributed by atoms with E-state index in [4.69, 9.17) is 0 Å². The standard InChI is InChI=1S/C21H25.C9H13.C8H8.2ClH.Zr/c1-20(2,3)16-7-9-18-14(12-16)11-15-13-17(21(4,5)6)8-10-19(15)18;1-9(2,3)8-6-4-5-7-8;1-2-8-6-4-3-5-7-8;;;/h7-10,12H,11H2,1-6H3;6-7H,4H2,1-3H3;3-7H,1H3;2*1H;. The Labute approximate surface area is 269 Å². The van der Waals surface area contributed by atoms with Crippen LogP contribution in [-0.4, -0.2) is 3.21 Å². The van der Waals surface area contributed by atoms with Crippen LogP contribution >= 0.6 is 24.8 Å². The van der Waals surface area contributed by atoms with E-state index in [0.717, 1.165) is 12.8 Å². The van der Waals surface area contributed by atoms with Crippen molar-refractivity contribution in [2.45, 2.75) is 92.9 Å². The van der Waals surface area contributed by atoms with Crippen molar-refractivity contribution in [3.05, 3.63) is 109 Å². The van der Waals surface area contributed by atoms with E-state index in [9.17, 15) is 0 Å². The Kier molecular flexibility index (Phi) is 10.1. The average molecular weight is 667 g/mol. The van der Waals surface area contributed by atoms with E-state index < -0.39 is 21.3 Å². The molecule has 0 N–H and O–H groups in total. The topological polar surface area (TPSA) is 0 Å². The fraction of sp³-hybridized carbons (Fsp3) is 0.395. The molecule has 0 aliphatic heterocycles. The van der Waals surface area contributed by atoms with Gasteiger partial charge in [0.25, 0.3) is 0 Å². The van der Waals surface area contributed by atoms with Crippen molar-refractivity contribution in [1.29, 1.82) is 0 Å². The van der Waals surface area contributed by atoms with Crippen LogP contribution in [0.4, 0.5) is 0 Å². The molecule has 0 aromatic heterocycles. The van der Waals surface area contributed by atoms with Gasteiger partial charge in [0.05, 0.1) is 0 Å². The van der Waals surface area contributed by atoms with Gasteiger partial charge in [0.1, 0.15) is 0 Å². The minimum absolute atomic E-state index is 0. The third-order valence-electron chi connectivity index (χ3n) is 8.64. The van der Waals surface area contributed by atoms with Crippen molar-refractivity contribution in [1.82, 2.24) is 0 Å². The molecular formula is C38H48Cl2Zr. The second-order valence-corrected chi connectivity index (χ2v) is 21.2. The first-order chi connectivity index (χ1) is 18.2. The van der Waals surface area contributed by atoms with Gasteiger partial charge in [0.15, 0.2) is 0 Å². The summed E-state index contributed by atoms with van der Waals surface area (Å²) in [6.07, 6.45) is 7.32. The second-order valence-electron chi connectivity index (χ2n) is 14.7. The van der Waals surface area contributed by atoms with Gasteiger partial charge in [-0.05, 0) is 0 Å². The van der Waals surface area contributed by atoms with Crippen LogP contribution < -0.4 is 3.27 Å². The Balaban J connectivity index is 0.00000231. The Morgan fingerprint density at radius 3 is 1.90 bits per heavy atom. The van der Waals surface area contributed by atoms with E-state index in [0.29, 0.717) is 0 Å². The van der Waals surface area contributed by atoms with Gasteiger partial charge in [-0.2, -0.15) is 0 Å². The summed E-state index contributed by atoms with van der Waals surface area (Å²) in [5.74, 6) is 0. The summed E-state index contributed by atoms with van der Waals surface area (Å²) in [5.41, 5.74) is 12.5. The molecule has 3 aromatic carbocycles. The first kappa shape index (κ1) is 34.0. The van der Waals surface area contributed by atoms with Gasteiger partial charge >= 0.3 is 247 Å². The molecule has 5 rings (SSSR count). The van der Waals surface area contributed by atoms with Crippen LogP contribution in [0.1, 0.15) is 103 Å². The second kappa shape index (κ2) is 12.2. The molecule has 2 aliphatic rings. The fourth-order valence-electron chi connectivity index (χ4n) is 6.30. The van der Waals surface area contributed by atoms with Crippen molar-refractivity contribution in [3.8, 4) is 11.1 Å². The molecule has 0 saturated heterocycles. The zero-order valence-electron chi connectivity index (χ0n) is 26.7. The van der Waals surface area contributed by atoms with Crippen molar-refractivity contribution < 1.29 is 21.3 Å². The molecule has 0 radical (unpaired) electrons. The predicted molar refractivity (Wildman–Crippen MR) is 183 cm³/mol. The molecule has 0 unspecified atom stereocenters. The first-order valence-electron chi connectivity index (χ1n) is 14.6. The molecule has 0 fully saturated rings. The third-order valence-corrected chi connectivity index (χ3v) is 16.3. The zero-order chi connectivity index (χ0) is 28.3. The van der Waals surface area contributed by atoms with Gasteiger partial charge in [-0.25, -0.2) is 0 Å². The molecule has 0 amide bonds. The molecule has 218 valence electrons. The Morgan fingerprint density at radius 1 is 0.707 bits per heavy atom. The molecule has 0 saturated carbocycles. The summed E-state index contributed by atoms with van der Waals surface area (Å²) in [5, 5.41) is 0. The smallest absolute Gasteiger partial charge is 0.147 e. The molecule has 3 aromatic rings. The van der Waals surface area contributed by atoms with Crippen LogP contribution in [0.2, 0.25) is 0 Å². The van der Waals surface area contributed by atoms with E-state index in [1.807, 2.05) is 0 Å². The summed E-state index contributed by atoms with van der Waals surface area (Å²) in [6, 6.07) is 23.5. The van der Waals surface area contributed by atoms with Crippen LogP contribution in [0.5, 0.6) is 0 Å². The molecule has 0 heterocycles. The van der Waals surface area contributed by atoms with Crippen LogP contribution in [0.3, 0.4) is 0 Å². The maximum Gasteiger partial charge on any atom is -0.147 e. The summed E-state index contributed by atoms with van der Waals surface area (Å²) >= 11 is -2.53. The minimum atomic E-state index is -2.53. The Morgan fingerprint density at radius 2 is 1.34 bits per heavy atom. The molecule has 41 heavy (non-hydrogen) atoms. The SMILES string of the molecule is C/[C](c1ccccc1)=[Zr](\[C]1=CC(C(C)(C)C)=CC1)[c]1c(C(C)(C)C)ccc2c1Cc1cc(C(C)(C)C)ccc1-2.Cl.Cl. The van der Waals surface area contributed by atoms with Gasteiger partial charge in [0.2, 0.25) is 0 Å². The number of hydrogen-bond donors (Lipinski definition) is 0. The number of hydrogen-bond acceptors (Lipinski definition) is 0. The molecular weight excluding hydrogens is 619 g/mol. The number of rotatable bonds is 3. The summed E-state index contributed by atoms with van der Waals surface area (Å²) < 4.78 is 5.12. The van der Waals surface area contributed by atoms with Crippen molar-refractivity contribution in [3.63, 3.8) is 0 Å². The summed E-state index contributed by atoms with van der Waals surface area (Å²) in [7, 11) is 0. The quantitative estimate of drug-likeness (QED) is 0.204. The van der Waals surface area contributed by atoms with Gasteiger partial charge in [-0.3, -0.25) is 0 Å². The normalized spacial score (nSPS) is 15.2. The predicted octanol–water partition coefficient (Wildman–Crippen LogP) is 10.4. The third kappa shape index (κ3) is 6.69. The summed E-state index contributed by atoms with van der Waals surface area (Å²) in [4.78, 5) is 0. The molecule has 2 aliphatic carbocycles. The van der Waals surface area contributed by atoms with Crippen LogP contribution in [0, 0.1) is 5.41 Å². The number of fused-ring (bicyclic) bond motifs is 3. The fourth-order valence-corrected chi connectivity index (χ4v) is 14.9. The van der Waals surface area contributed by atoms with Gasteiger partial charge in [-0.1, -0.05) is 0 Å². The molecule has 0 nitrogen and oxygen atoms in total. The van der Waals surface area contributed by atoms with E-state index in [1.165, 1.54) is 33.4 Å². The number of halogens is 2. The molecule has 3 heteroatoms. The Bertz CT molecular complexity index is 1530. The van der Waals surface area contributed by atoms with Gasteiger partial charge < -0.3 is 0 Å². The van der Waals surface area contributed by atoms with Crippen molar-refractivity contribution >= 4 is 31.3 Å². The van der Waals surface area contributed by atoms with Gasteiger partial charge in [-0.15, -0.1) is 24.8 Å². The molecule has 0 bridgehead atoms. The van der Waals surface area contributed by atoms with Crippen LogP contribution in [-0.2, 0) is 38.5 Å². The van der Waals surface area contributed by atoms with Crippen molar-refractivity contribution in [2.75, 3.05) is 0 Å². The van der Waals surface area contributed by atoms with Gasteiger partial charge in [0, 0.05) is 0 Å². The number of benzene rings is 3. The van der Waals surface area contributed by atoms with Crippen molar-refractivity contribution in [2.24, 2.45) is 5.41 Å². The molecule has 0 spiro atoms. The minimum Gasteiger partial charge on any atom is -0.147 e. The van der Waals surface area contributed by atoms with E-state index in [1.54, 1.807) is 20.9 Å².